The third kappa shape index (κ3) is 5.04. The summed E-state index contributed by atoms with van der Waals surface area (Å²) in [5, 5.41) is 3.39. The van der Waals surface area contributed by atoms with Crippen LogP contribution in [0.5, 0.6) is 5.75 Å². The van der Waals surface area contributed by atoms with Crippen molar-refractivity contribution in [3.8, 4) is 5.75 Å². The normalized spacial score (nSPS) is 24.0. The number of amides is 2. The first-order valence-corrected chi connectivity index (χ1v) is 10.5. The van der Waals surface area contributed by atoms with Crippen LogP contribution in [0.3, 0.4) is 0 Å². The van der Waals surface area contributed by atoms with E-state index in [4.69, 9.17) is 4.74 Å². The van der Waals surface area contributed by atoms with Crippen LogP contribution in [-0.2, 0) is 16.0 Å². The zero-order valence-corrected chi connectivity index (χ0v) is 17.3. The highest BCUT2D eigenvalue weighted by molar-refractivity contribution is 5.82. The van der Waals surface area contributed by atoms with Crippen LogP contribution in [-0.4, -0.2) is 66.5 Å². The molecule has 0 aliphatic carbocycles. The maximum Gasteiger partial charge on any atom is 0.263 e. The Kier molecular flexibility index (Phi) is 6.94. The van der Waals surface area contributed by atoms with Gasteiger partial charge in [0.15, 0.2) is 6.10 Å². The Hall–Kier alpha value is -2.08. The lowest BCUT2D eigenvalue weighted by molar-refractivity contribution is -0.145. The molecule has 2 amide bonds. The van der Waals surface area contributed by atoms with Crippen LogP contribution in [0.2, 0.25) is 0 Å². The third-order valence-electron chi connectivity index (χ3n) is 5.87. The van der Waals surface area contributed by atoms with E-state index in [1.165, 1.54) is 5.56 Å². The van der Waals surface area contributed by atoms with Gasteiger partial charge in [0.2, 0.25) is 5.91 Å². The Bertz CT molecular complexity index is 668. The average Bonchev–Trinajstić information content (AvgIpc) is 2.73. The summed E-state index contributed by atoms with van der Waals surface area (Å²) in [6.07, 6.45) is 2.26. The van der Waals surface area contributed by atoms with Crippen molar-refractivity contribution in [3.05, 3.63) is 29.8 Å². The fourth-order valence-corrected chi connectivity index (χ4v) is 4.08. The lowest BCUT2D eigenvalue weighted by Gasteiger charge is -2.38. The molecule has 6 heteroatoms. The van der Waals surface area contributed by atoms with Gasteiger partial charge in [-0.3, -0.25) is 9.59 Å². The van der Waals surface area contributed by atoms with E-state index in [9.17, 15) is 9.59 Å². The van der Waals surface area contributed by atoms with Crippen LogP contribution >= 0.6 is 0 Å². The Labute approximate surface area is 168 Å². The maximum atomic E-state index is 12.8. The molecule has 2 saturated heterocycles. The predicted molar refractivity (Wildman–Crippen MR) is 109 cm³/mol. The Morgan fingerprint density at radius 3 is 2.39 bits per heavy atom. The fraction of sp³-hybridized carbons (Fsp3) is 0.636. The van der Waals surface area contributed by atoms with Gasteiger partial charge in [-0.25, -0.2) is 0 Å². The van der Waals surface area contributed by atoms with E-state index >= 15 is 0 Å². The first-order chi connectivity index (χ1) is 13.5. The monoisotopic (exact) mass is 387 g/mol. The lowest BCUT2D eigenvalue weighted by Crippen LogP contribution is -2.55. The topological polar surface area (TPSA) is 61.9 Å². The molecule has 3 rings (SSSR count). The molecule has 0 spiro atoms. The Balaban J connectivity index is 1.48. The SMILES string of the molecule is CCc1ccc(OC(C)C(=O)N2CCN(C(=O)[C@H]3CCN[C@@H](C)C3)CC2)cc1. The molecule has 1 N–H and O–H groups in total. The number of carbonyl (C=O) groups is 2. The number of aryl methyl sites for hydroxylation is 1. The van der Waals surface area contributed by atoms with Gasteiger partial charge >= 0.3 is 0 Å². The molecular weight excluding hydrogens is 354 g/mol. The van der Waals surface area contributed by atoms with Gasteiger partial charge in [0, 0.05) is 38.1 Å². The molecular formula is C22H33N3O3. The van der Waals surface area contributed by atoms with Gasteiger partial charge in [-0.15, -0.1) is 0 Å². The number of hydrogen-bond donors (Lipinski definition) is 1. The fourth-order valence-electron chi connectivity index (χ4n) is 4.08. The van der Waals surface area contributed by atoms with Gasteiger partial charge in [0.1, 0.15) is 5.75 Å². The molecule has 0 saturated carbocycles. The van der Waals surface area contributed by atoms with Gasteiger partial charge in [0.25, 0.3) is 5.91 Å². The van der Waals surface area contributed by atoms with Crippen LogP contribution in [0.4, 0.5) is 0 Å². The number of carbonyl (C=O) groups excluding carboxylic acids is 2. The second-order valence-electron chi connectivity index (χ2n) is 7.98. The molecule has 1 unspecified atom stereocenters. The molecule has 2 fully saturated rings. The number of nitrogens with zero attached hydrogens (tertiary/aromatic N) is 2. The molecule has 1 aromatic carbocycles. The quantitative estimate of drug-likeness (QED) is 0.840. The second kappa shape index (κ2) is 9.41. The van der Waals surface area contributed by atoms with Gasteiger partial charge < -0.3 is 19.9 Å². The number of piperidine rings is 1. The molecule has 2 heterocycles. The van der Waals surface area contributed by atoms with Gasteiger partial charge in [-0.05, 0) is 57.4 Å². The lowest BCUT2D eigenvalue weighted by atomic mass is 9.92. The summed E-state index contributed by atoms with van der Waals surface area (Å²) < 4.78 is 5.83. The van der Waals surface area contributed by atoms with Crippen molar-refractivity contribution < 1.29 is 14.3 Å². The minimum atomic E-state index is -0.528. The van der Waals surface area contributed by atoms with Crippen molar-refractivity contribution in [3.63, 3.8) is 0 Å². The average molecular weight is 388 g/mol. The third-order valence-corrected chi connectivity index (χ3v) is 5.87. The van der Waals surface area contributed by atoms with Crippen LogP contribution in [0.15, 0.2) is 24.3 Å². The number of hydrogen-bond acceptors (Lipinski definition) is 4. The molecule has 2 aliphatic rings. The summed E-state index contributed by atoms with van der Waals surface area (Å²) in [7, 11) is 0. The van der Waals surface area contributed by atoms with E-state index in [1.54, 1.807) is 6.92 Å². The molecule has 28 heavy (non-hydrogen) atoms. The standard InChI is InChI=1S/C22H33N3O3/c1-4-18-5-7-20(8-6-18)28-17(3)21(26)24-11-13-25(14-12-24)22(27)19-9-10-23-16(2)15-19/h5-8,16-17,19,23H,4,9-15H2,1-3H3/t16-,17?,19-/m0/s1. The van der Waals surface area contributed by atoms with Crippen LogP contribution in [0.1, 0.15) is 39.2 Å². The zero-order chi connectivity index (χ0) is 20.1. The molecule has 2 aliphatic heterocycles. The minimum absolute atomic E-state index is 0.0119. The largest absolute Gasteiger partial charge is 0.481 e. The number of ether oxygens (including phenoxy) is 1. The van der Waals surface area contributed by atoms with Crippen LogP contribution < -0.4 is 10.1 Å². The summed E-state index contributed by atoms with van der Waals surface area (Å²) >= 11 is 0. The predicted octanol–water partition coefficient (Wildman–Crippen LogP) is 2.08. The second-order valence-corrected chi connectivity index (χ2v) is 7.98. The summed E-state index contributed by atoms with van der Waals surface area (Å²) in [5.74, 6) is 1.07. The summed E-state index contributed by atoms with van der Waals surface area (Å²) in [5.41, 5.74) is 1.25. The first kappa shape index (κ1) is 20.6. The zero-order valence-electron chi connectivity index (χ0n) is 17.3. The molecule has 0 bridgehead atoms. The van der Waals surface area contributed by atoms with Crippen molar-refractivity contribution >= 4 is 11.8 Å². The molecule has 3 atom stereocenters. The van der Waals surface area contributed by atoms with E-state index in [2.05, 4.69) is 19.2 Å². The number of benzene rings is 1. The van der Waals surface area contributed by atoms with E-state index in [1.807, 2.05) is 34.1 Å². The first-order valence-electron chi connectivity index (χ1n) is 10.5. The van der Waals surface area contributed by atoms with E-state index in [0.29, 0.717) is 38.0 Å². The van der Waals surface area contributed by atoms with Crippen molar-refractivity contribution in [2.45, 2.75) is 52.2 Å². The highest BCUT2D eigenvalue weighted by atomic mass is 16.5. The Morgan fingerprint density at radius 2 is 1.79 bits per heavy atom. The number of nitrogens with one attached hydrogen (secondary N) is 1. The van der Waals surface area contributed by atoms with Gasteiger partial charge in [0.05, 0.1) is 0 Å². The van der Waals surface area contributed by atoms with Crippen molar-refractivity contribution in [2.75, 3.05) is 32.7 Å². The van der Waals surface area contributed by atoms with E-state index < -0.39 is 6.10 Å². The van der Waals surface area contributed by atoms with Crippen molar-refractivity contribution in [1.29, 1.82) is 0 Å². The number of rotatable bonds is 5. The maximum absolute atomic E-state index is 12.8. The highest BCUT2D eigenvalue weighted by Gasteiger charge is 2.32. The minimum Gasteiger partial charge on any atom is -0.481 e. The van der Waals surface area contributed by atoms with Crippen molar-refractivity contribution in [1.82, 2.24) is 15.1 Å². The molecule has 1 aromatic rings. The summed E-state index contributed by atoms with van der Waals surface area (Å²) in [4.78, 5) is 29.3. The van der Waals surface area contributed by atoms with E-state index in [0.717, 1.165) is 25.8 Å². The van der Waals surface area contributed by atoms with Crippen LogP contribution in [0.25, 0.3) is 0 Å². The van der Waals surface area contributed by atoms with Gasteiger partial charge in [-0.2, -0.15) is 0 Å². The summed E-state index contributed by atoms with van der Waals surface area (Å²) in [6.45, 7) is 9.32. The molecule has 154 valence electrons. The molecule has 0 radical (unpaired) electrons. The van der Waals surface area contributed by atoms with Crippen molar-refractivity contribution in [2.24, 2.45) is 5.92 Å². The molecule has 0 aromatic heterocycles. The van der Waals surface area contributed by atoms with E-state index in [-0.39, 0.29) is 17.7 Å². The molecule has 6 nitrogen and oxygen atoms in total. The Morgan fingerprint density at radius 1 is 1.14 bits per heavy atom. The number of piperazine rings is 1. The smallest absolute Gasteiger partial charge is 0.263 e. The van der Waals surface area contributed by atoms with Gasteiger partial charge in [-0.1, -0.05) is 19.1 Å². The summed E-state index contributed by atoms with van der Waals surface area (Å²) in [6, 6.07) is 8.28. The highest BCUT2D eigenvalue weighted by Crippen LogP contribution is 2.20. The van der Waals surface area contributed by atoms with Crippen LogP contribution in [0, 0.1) is 5.92 Å².